The molecule has 1 N–H and O–H groups in total. The number of nitrogens with zero attached hydrogens (tertiary/aromatic N) is 3. The third kappa shape index (κ3) is 3.24. The molecule has 0 bridgehead atoms. The van der Waals surface area contributed by atoms with Gasteiger partial charge in [-0.25, -0.2) is 8.42 Å². The summed E-state index contributed by atoms with van der Waals surface area (Å²) in [5.41, 5.74) is 1.47. The second-order valence-corrected chi connectivity index (χ2v) is 8.62. The molecule has 10 heteroatoms. The highest BCUT2D eigenvalue weighted by Gasteiger charge is 2.44. The van der Waals surface area contributed by atoms with Gasteiger partial charge in [0, 0.05) is 32.2 Å². The first kappa shape index (κ1) is 18.1. The summed E-state index contributed by atoms with van der Waals surface area (Å²) < 4.78 is 38.6. The van der Waals surface area contributed by atoms with Gasteiger partial charge in [0.2, 0.25) is 21.8 Å². The van der Waals surface area contributed by atoms with Crippen molar-refractivity contribution in [3.8, 4) is 0 Å². The van der Waals surface area contributed by atoms with E-state index in [1.807, 2.05) is 0 Å². The molecule has 3 heterocycles. The maximum atomic E-state index is 13.3. The van der Waals surface area contributed by atoms with Gasteiger partial charge in [0.05, 0.1) is 11.0 Å². The van der Waals surface area contributed by atoms with Crippen molar-refractivity contribution in [3.05, 3.63) is 35.5 Å². The van der Waals surface area contributed by atoms with Crippen LogP contribution in [-0.4, -0.2) is 48.5 Å². The Morgan fingerprint density at radius 3 is 2.85 bits per heavy atom. The van der Waals surface area contributed by atoms with Crippen molar-refractivity contribution in [2.45, 2.75) is 43.2 Å². The molecular weight excluding hydrogens is 372 g/mol. The van der Waals surface area contributed by atoms with Gasteiger partial charge in [-0.05, 0) is 37.1 Å². The van der Waals surface area contributed by atoms with Gasteiger partial charge in [-0.15, -0.1) is 0 Å². The van der Waals surface area contributed by atoms with Crippen LogP contribution in [0.3, 0.4) is 0 Å². The standard InChI is InChI=1S/C17H20N4O5S/c1-10-18-17(26-20-10)15-8-12(25-2)9-21(15)27(23,24)13-4-5-14-11(7-13)3-6-16(22)19-14/h4-5,7,12,15H,3,6,8-9H2,1-2H3,(H,19,22)/t12-,15+/m0/s1. The summed E-state index contributed by atoms with van der Waals surface area (Å²) in [6.07, 6.45) is 1.04. The Balaban J connectivity index is 1.70. The number of aryl methyl sites for hydroxylation is 2. The van der Waals surface area contributed by atoms with Crippen LogP contribution in [0.1, 0.15) is 36.2 Å². The van der Waals surface area contributed by atoms with Gasteiger partial charge in [-0.3, -0.25) is 4.79 Å². The molecule has 1 fully saturated rings. The van der Waals surface area contributed by atoms with Gasteiger partial charge in [-0.1, -0.05) is 5.16 Å². The molecule has 2 atom stereocenters. The first-order valence-electron chi connectivity index (χ1n) is 8.66. The van der Waals surface area contributed by atoms with Crippen molar-refractivity contribution < 1.29 is 22.5 Å². The fourth-order valence-electron chi connectivity index (χ4n) is 3.53. The molecule has 4 rings (SSSR count). The van der Waals surface area contributed by atoms with Crippen LogP contribution in [-0.2, 0) is 26.0 Å². The van der Waals surface area contributed by atoms with E-state index in [0.717, 1.165) is 5.56 Å². The van der Waals surface area contributed by atoms with Crippen LogP contribution in [0.2, 0.25) is 0 Å². The molecule has 0 saturated carbocycles. The van der Waals surface area contributed by atoms with E-state index in [-0.39, 0.29) is 29.3 Å². The summed E-state index contributed by atoms with van der Waals surface area (Å²) in [6.45, 7) is 1.89. The summed E-state index contributed by atoms with van der Waals surface area (Å²) >= 11 is 0. The summed E-state index contributed by atoms with van der Waals surface area (Å²) in [7, 11) is -2.25. The molecule has 1 aromatic heterocycles. The lowest BCUT2D eigenvalue weighted by molar-refractivity contribution is -0.116. The number of hydrogen-bond donors (Lipinski definition) is 1. The summed E-state index contributed by atoms with van der Waals surface area (Å²) in [4.78, 5) is 15.9. The molecule has 0 spiro atoms. The Labute approximate surface area is 156 Å². The highest BCUT2D eigenvalue weighted by molar-refractivity contribution is 7.89. The topological polar surface area (TPSA) is 115 Å². The monoisotopic (exact) mass is 392 g/mol. The molecule has 1 saturated heterocycles. The molecule has 144 valence electrons. The number of ether oxygens (including phenoxy) is 1. The van der Waals surface area contributed by atoms with Crippen molar-refractivity contribution in [1.82, 2.24) is 14.4 Å². The summed E-state index contributed by atoms with van der Waals surface area (Å²) in [5.74, 6) is 0.654. The van der Waals surface area contributed by atoms with Crippen molar-refractivity contribution in [2.24, 2.45) is 0 Å². The average molecular weight is 392 g/mol. The van der Waals surface area contributed by atoms with Crippen LogP contribution < -0.4 is 5.32 Å². The molecule has 9 nitrogen and oxygen atoms in total. The van der Waals surface area contributed by atoms with E-state index in [2.05, 4.69) is 15.5 Å². The highest BCUT2D eigenvalue weighted by Crippen LogP contribution is 2.38. The maximum Gasteiger partial charge on any atom is 0.245 e. The third-order valence-electron chi connectivity index (χ3n) is 4.96. The number of carbonyl (C=O) groups excluding carboxylic acids is 1. The molecule has 0 aliphatic carbocycles. The lowest BCUT2D eigenvalue weighted by Gasteiger charge is -2.23. The minimum absolute atomic E-state index is 0.0626. The van der Waals surface area contributed by atoms with Crippen LogP contribution in [0.4, 0.5) is 5.69 Å². The van der Waals surface area contributed by atoms with Crippen LogP contribution in [0.15, 0.2) is 27.6 Å². The zero-order valence-corrected chi connectivity index (χ0v) is 15.8. The molecule has 0 unspecified atom stereocenters. The number of benzene rings is 1. The number of fused-ring (bicyclic) bond motifs is 1. The van der Waals surface area contributed by atoms with Crippen LogP contribution in [0.5, 0.6) is 0 Å². The number of amides is 1. The largest absolute Gasteiger partial charge is 0.380 e. The number of anilines is 1. The van der Waals surface area contributed by atoms with Crippen molar-refractivity contribution in [1.29, 1.82) is 0 Å². The van der Waals surface area contributed by atoms with Crippen molar-refractivity contribution in [3.63, 3.8) is 0 Å². The number of nitrogens with one attached hydrogen (secondary N) is 1. The van der Waals surface area contributed by atoms with E-state index in [0.29, 0.717) is 30.8 Å². The Bertz CT molecular complexity index is 987. The minimum atomic E-state index is -3.80. The molecule has 2 aliphatic heterocycles. The average Bonchev–Trinajstić information content (AvgIpc) is 3.27. The number of hydrogen-bond acceptors (Lipinski definition) is 7. The molecule has 27 heavy (non-hydrogen) atoms. The van der Waals surface area contributed by atoms with E-state index in [1.54, 1.807) is 26.2 Å². The second-order valence-electron chi connectivity index (χ2n) is 6.73. The number of aromatic nitrogens is 2. The Morgan fingerprint density at radius 2 is 2.15 bits per heavy atom. The SMILES string of the molecule is CO[C@H]1C[C@H](c2nc(C)no2)N(S(=O)(=O)c2ccc3c(c2)CCC(=O)N3)C1. The van der Waals surface area contributed by atoms with Gasteiger partial charge in [-0.2, -0.15) is 9.29 Å². The smallest absolute Gasteiger partial charge is 0.245 e. The first-order valence-corrected chi connectivity index (χ1v) is 10.1. The van der Waals surface area contributed by atoms with E-state index in [1.165, 1.54) is 10.4 Å². The van der Waals surface area contributed by atoms with E-state index in [4.69, 9.17) is 9.26 Å². The van der Waals surface area contributed by atoms with Crippen LogP contribution in [0.25, 0.3) is 0 Å². The quantitative estimate of drug-likeness (QED) is 0.836. The van der Waals surface area contributed by atoms with E-state index < -0.39 is 16.1 Å². The van der Waals surface area contributed by atoms with Crippen molar-refractivity contribution >= 4 is 21.6 Å². The van der Waals surface area contributed by atoms with Crippen LogP contribution >= 0.6 is 0 Å². The lowest BCUT2D eigenvalue weighted by atomic mass is 10.0. The molecule has 2 aliphatic rings. The molecular formula is C17H20N4O5S. The maximum absolute atomic E-state index is 13.3. The summed E-state index contributed by atoms with van der Waals surface area (Å²) in [5, 5.41) is 6.54. The van der Waals surface area contributed by atoms with Gasteiger partial charge >= 0.3 is 0 Å². The predicted octanol–water partition coefficient (Wildman–Crippen LogP) is 1.41. The van der Waals surface area contributed by atoms with E-state index >= 15 is 0 Å². The predicted molar refractivity (Wildman–Crippen MR) is 94.5 cm³/mol. The zero-order chi connectivity index (χ0) is 19.2. The highest BCUT2D eigenvalue weighted by atomic mass is 32.2. The number of methoxy groups -OCH3 is 1. The molecule has 2 aromatic rings. The first-order chi connectivity index (χ1) is 12.9. The lowest BCUT2D eigenvalue weighted by Crippen LogP contribution is -2.32. The molecule has 1 amide bonds. The van der Waals surface area contributed by atoms with Gasteiger partial charge in [0.15, 0.2) is 5.82 Å². The zero-order valence-electron chi connectivity index (χ0n) is 15.0. The Kier molecular flexibility index (Phi) is 4.49. The van der Waals surface area contributed by atoms with Gasteiger partial charge in [0.25, 0.3) is 0 Å². The van der Waals surface area contributed by atoms with Gasteiger partial charge < -0.3 is 14.6 Å². The van der Waals surface area contributed by atoms with Crippen LogP contribution in [0, 0.1) is 6.92 Å². The number of sulfonamides is 1. The number of rotatable bonds is 4. The van der Waals surface area contributed by atoms with Crippen molar-refractivity contribution in [2.75, 3.05) is 19.0 Å². The fraction of sp³-hybridized carbons (Fsp3) is 0.471. The van der Waals surface area contributed by atoms with E-state index in [9.17, 15) is 13.2 Å². The third-order valence-corrected chi connectivity index (χ3v) is 6.83. The number of carbonyl (C=O) groups is 1. The molecule has 1 aromatic carbocycles. The normalized spacial score (nSPS) is 23.3. The Hall–Kier alpha value is -2.30. The second kappa shape index (κ2) is 6.70. The minimum Gasteiger partial charge on any atom is -0.380 e. The van der Waals surface area contributed by atoms with Gasteiger partial charge in [0.1, 0.15) is 6.04 Å². The molecule has 0 radical (unpaired) electrons. The summed E-state index contributed by atoms with van der Waals surface area (Å²) in [6, 6.07) is 4.20. The Morgan fingerprint density at radius 1 is 1.33 bits per heavy atom. The fourth-order valence-corrected chi connectivity index (χ4v) is 5.21.